The largest absolute Gasteiger partial charge is 0.373 e. The van der Waals surface area contributed by atoms with Gasteiger partial charge in [0.2, 0.25) is 0 Å². The van der Waals surface area contributed by atoms with Gasteiger partial charge in [0.25, 0.3) is 0 Å². The molecule has 0 amide bonds. The van der Waals surface area contributed by atoms with Crippen LogP contribution in [0.1, 0.15) is 0 Å². The van der Waals surface area contributed by atoms with Crippen LogP contribution in [-0.4, -0.2) is 18.8 Å². The third-order valence-corrected chi connectivity index (χ3v) is 2.19. The van der Waals surface area contributed by atoms with Gasteiger partial charge in [0, 0.05) is 19.5 Å². The quantitative estimate of drug-likeness (QED) is 0.729. The molecule has 0 radical (unpaired) electrons. The molecule has 1 aromatic heterocycles. The zero-order valence-electron chi connectivity index (χ0n) is 7.83. The number of aromatic nitrogens is 1. The highest BCUT2D eigenvalue weighted by Gasteiger charge is 2.03. The van der Waals surface area contributed by atoms with Gasteiger partial charge in [-0.15, -0.1) is 0 Å². The second kappa shape index (κ2) is 3.01. The Morgan fingerprint density at radius 2 is 1.92 bits per heavy atom. The molecular weight excluding hydrogens is 162 g/mol. The molecule has 68 valence electrons. The third kappa shape index (κ3) is 1.13. The number of anilines is 1. The van der Waals surface area contributed by atoms with E-state index in [1.165, 1.54) is 10.9 Å². The first-order valence-electron chi connectivity index (χ1n) is 4.33. The van der Waals surface area contributed by atoms with E-state index in [2.05, 4.69) is 28.9 Å². The maximum absolute atomic E-state index is 3.14. The lowest BCUT2D eigenvalue weighted by Crippen LogP contribution is -2.11. The molecule has 0 saturated heterocycles. The van der Waals surface area contributed by atoms with Crippen LogP contribution in [0.3, 0.4) is 0 Å². The van der Waals surface area contributed by atoms with Gasteiger partial charge in [-0.25, -0.2) is 4.68 Å². The van der Waals surface area contributed by atoms with E-state index in [9.17, 15) is 0 Å². The van der Waals surface area contributed by atoms with Crippen LogP contribution in [0, 0.1) is 0 Å². The van der Waals surface area contributed by atoms with Crippen LogP contribution in [0.15, 0.2) is 30.3 Å². The van der Waals surface area contributed by atoms with Gasteiger partial charge in [0.1, 0.15) is 5.82 Å². The van der Waals surface area contributed by atoms with Crippen LogP contribution in [-0.2, 0) is 0 Å². The monoisotopic (exact) mass is 175 g/mol. The minimum atomic E-state index is 1.07. The molecule has 0 unspecified atom stereocenters. The number of hydrogen-bond donors (Lipinski definition) is 2. The maximum Gasteiger partial charge on any atom is 0.125 e. The lowest BCUT2D eigenvalue weighted by molar-refractivity contribution is 0.979. The predicted molar refractivity (Wildman–Crippen MR) is 56.8 cm³/mol. The fraction of sp³-hybridized carbons (Fsp3) is 0.200. The first-order chi connectivity index (χ1) is 6.36. The van der Waals surface area contributed by atoms with E-state index in [0.717, 1.165) is 5.82 Å². The van der Waals surface area contributed by atoms with Crippen molar-refractivity contribution in [1.29, 1.82) is 0 Å². The van der Waals surface area contributed by atoms with Crippen molar-refractivity contribution in [2.45, 2.75) is 0 Å². The van der Waals surface area contributed by atoms with Crippen molar-refractivity contribution in [3.63, 3.8) is 0 Å². The third-order valence-electron chi connectivity index (χ3n) is 2.19. The second-order valence-electron chi connectivity index (χ2n) is 2.90. The molecule has 3 heteroatoms. The Kier molecular flexibility index (Phi) is 1.85. The molecule has 2 aromatic rings. The van der Waals surface area contributed by atoms with Crippen molar-refractivity contribution in [3.8, 4) is 0 Å². The van der Waals surface area contributed by atoms with Gasteiger partial charge in [-0.2, -0.15) is 0 Å². The van der Waals surface area contributed by atoms with Crippen LogP contribution in [0.2, 0.25) is 0 Å². The summed E-state index contributed by atoms with van der Waals surface area (Å²) in [6, 6.07) is 10.4. The summed E-state index contributed by atoms with van der Waals surface area (Å²) in [6.45, 7) is 0. The molecule has 0 fully saturated rings. The number of nitrogens with one attached hydrogen (secondary N) is 2. The van der Waals surface area contributed by atoms with Crippen LogP contribution in [0.25, 0.3) is 10.9 Å². The van der Waals surface area contributed by atoms with E-state index < -0.39 is 0 Å². The highest BCUT2D eigenvalue weighted by Crippen LogP contribution is 2.21. The van der Waals surface area contributed by atoms with Crippen molar-refractivity contribution in [1.82, 2.24) is 4.68 Å². The Morgan fingerprint density at radius 1 is 1.15 bits per heavy atom. The molecule has 13 heavy (non-hydrogen) atoms. The predicted octanol–water partition coefficient (Wildman–Crippen LogP) is 1.86. The first kappa shape index (κ1) is 7.98. The minimum absolute atomic E-state index is 1.07. The van der Waals surface area contributed by atoms with Gasteiger partial charge in [-0.3, -0.25) is 0 Å². The normalized spacial score (nSPS) is 10.3. The summed E-state index contributed by atoms with van der Waals surface area (Å²) in [7, 11) is 3.83. The van der Waals surface area contributed by atoms with Crippen molar-refractivity contribution < 1.29 is 0 Å². The van der Waals surface area contributed by atoms with Crippen molar-refractivity contribution >= 4 is 16.7 Å². The van der Waals surface area contributed by atoms with E-state index in [1.54, 1.807) is 0 Å². The molecule has 0 aliphatic carbocycles. The molecule has 0 aliphatic heterocycles. The fourth-order valence-corrected chi connectivity index (χ4v) is 1.58. The molecular formula is C10H13N3. The first-order valence-corrected chi connectivity index (χ1v) is 4.33. The highest BCUT2D eigenvalue weighted by atomic mass is 15.4. The van der Waals surface area contributed by atoms with E-state index in [1.807, 2.05) is 30.9 Å². The summed E-state index contributed by atoms with van der Waals surface area (Å²) in [4.78, 5) is 0. The Bertz CT molecular complexity index is 417. The molecule has 2 N–H and O–H groups in total. The number of hydrogen-bond acceptors (Lipinski definition) is 2. The summed E-state index contributed by atoms with van der Waals surface area (Å²) >= 11 is 0. The Labute approximate surface area is 77.3 Å². The average Bonchev–Trinajstić information content (AvgIpc) is 2.55. The number of fused-ring (bicyclic) bond motifs is 1. The van der Waals surface area contributed by atoms with Crippen molar-refractivity contribution in [2.75, 3.05) is 24.8 Å². The maximum atomic E-state index is 3.14. The molecule has 0 bridgehead atoms. The molecule has 1 heterocycles. The van der Waals surface area contributed by atoms with Gasteiger partial charge >= 0.3 is 0 Å². The van der Waals surface area contributed by atoms with Crippen LogP contribution >= 0.6 is 0 Å². The van der Waals surface area contributed by atoms with E-state index in [4.69, 9.17) is 0 Å². The zero-order chi connectivity index (χ0) is 9.26. The molecule has 0 aliphatic rings. The van der Waals surface area contributed by atoms with E-state index in [0.29, 0.717) is 0 Å². The highest BCUT2D eigenvalue weighted by molar-refractivity contribution is 5.85. The molecule has 0 atom stereocenters. The van der Waals surface area contributed by atoms with E-state index in [-0.39, 0.29) is 0 Å². The molecule has 0 spiro atoms. The SMILES string of the molecule is CNc1cc2ccccc2n1NC. The molecule has 1 aromatic carbocycles. The fourth-order valence-electron chi connectivity index (χ4n) is 1.58. The zero-order valence-corrected chi connectivity index (χ0v) is 7.83. The van der Waals surface area contributed by atoms with Crippen LogP contribution in [0.4, 0.5) is 5.82 Å². The minimum Gasteiger partial charge on any atom is -0.373 e. The average molecular weight is 175 g/mol. The smallest absolute Gasteiger partial charge is 0.125 e. The number of para-hydroxylation sites is 1. The summed E-state index contributed by atoms with van der Waals surface area (Å²) < 4.78 is 2.02. The molecule has 3 nitrogen and oxygen atoms in total. The van der Waals surface area contributed by atoms with Crippen LogP contribution < -0.4 is 10.7 Å². The second-order valence-corrected chi connectivity index (χ2v) is 2.90. The molecule has 0 saturated carbocycles. The lowest BCUT2D eigenvalue weighted by atomic mass is 10.2. The van der Waals surface area contributed by atoms with Gasteiger partial charge in [-0.05, 0) is 12.1 Å². The van der Waals surface area contributed by atoms with Gasteiger partial charge in [0.15, 0.2) is 0 Å². The Balaban J connectivity index is 2.73. The summed E-state index contributed by atoms with van der Waals surface area (Å²) in [5.74, 6) is 1.07. The Hall–Kier alpha value is -1.64. The number of rotatable bonds is 2. The van der Waals surface area contributed by atoms with Gasteiger partial charge < -0.3 is 10.7 Å². The van der Waals surface area contributed by atoms with Crippen LogP contribution in [0.5, 0.6) is 0 Å². The summed E-state index contributed by atoms with van der Waals surface area (Å²) in [6.07, 6.45) is 0. The Morgan fingerprint density at radius 3 is 2.62 bits per heavy atom. The van der Waals surface area contributed by atoms with Gasteiger partial charge in [-0.1, -0.05) is 18.2 Å². The topological polar surface area (TPSA) is 29.0 Å². The lowest BCUT2D eigenvalue weighted by Gasteiger charge is -2.07. The summed E-state index contributed by atoms with van der Waals surface area (Å²) in [5.41, 5.74) is 4.31. The van der Waals surface area contributed by atoms with Crippen molar-refractivity contribution in [3.05, 3.63) is 30.3 Å². The number of benzene rings is 1. The standard InChI is InChI=1S/C10H13N3/c1-11-10-7-8-5-3-4-6-9(8)13(10)12-2/h3-7,11-12H,1-2H3. The van der Waals surface area contributed by atoms with Gasteiger partial charge in [0.05, 0.1) is 5.52 Å². The van der Waals surface area contributed by atoms with Crippen molar-refractivity contribution in [2.24, 2.45) is 0 Å². The summed E-state index contributed by atoms with van der Waals surface area (Å²) in [5, 5.41) is 4.37. The number of nitrogens with zero attached hydrogens (tertiary/aromatic N) is 1. The van der Waals surface area contributed by atoms with E-state index >= 15 is 0 Å². The molecule has 2 rings (SSSR count).